The van der Waals surface area contributed by atoms with Crippen LogP contribution in [0.3, 0.4) is 0 Å². The molecular weight excluding hydrogens is 208 g/mol. The van der Waals surface area contributed by atoms with Gasteiger partial charge in [-0.1, -0.05) is 18.2 Å². The summed E-state index contributed by atoms with van der Waals surface area (Å²) in [5, 5.41) is 4.97. The van der Waals surface area contributed by atoms with Crippen LogP contribution >= 0.6 is 0 Å². The molecule has 1 fully saturated rings. The largest absolute Gasteiger partial charge is 0.350 e. The monoisotopic (exact) mass is 228 g/mol. The first-order chi connectivity index (χ1) is 8.34. The van der Waals surface area contributed by atoms with Crippen LogP contribution in [0.2, 0.25) is 0 Å². The van der Waals surface area contributed by atoms with Crippen LogP contribution in [0, 0.1) is 5.92 Å². The maximum absolute atomic E-state index is 3.56. The van der Waals surface area contributed by atoms with E-state index in [4.69, 9.17) is 0 Å². The first kappa shape index (κ1) is 10.8. The summed E-state index contributed by atoms with van der Waals surface area (Å²) in [4.78, 5) is 0. The van der Waals surface area contributed by atoms with Crippen molar-refractivity contribution < 1.29 is 0 Å². The Bertz CT molecular complexity index is 509. The lowest BCUT2D eigenvalue weighted by Crippen LogP contribution is -2.19. The van der Waals surface area contributed by atoms with Crippen LogP contribution < -0.4 is 5.32 Å². The highest BCUT2D eigenvalue weighted by molar-refractivity contribution is 5.83. The zero-order chi connectivity index (χ0) is 11.7. The maximum atomic E-state index is 3.56. The van der Waals surface area contributed by atoms with Gasteiger partial charge in [0, 0.05) is 24.1 Å². The molecule has 0 aliphatic heterocycles. The van der Waals surface area contributed by atoms with Crippen molar-refractivity contribution in [3.8, 4) is 0 Å². The quantitative estimate of drug-likeness (QED) is 0.779. The number of aromatic nitrogens is 1. The summed E-state index contributed by atoms with van der Waals surface area (Å²) in [7, 11) is 2.13. The van der Waals surface area contributed by atoms with E-state index in [-0.39, 0.29) is 0 Å². The average Bonchev–Trinajstić information content (AvgIpc) is 3.12. The maximum Gasteiger partial charge on any atom is 0.0480 e. The lowest BCUT2D eigenvalue weighted by molar-refractivity contribution is 0.638. The highest BCUT2D eigenvalue weighted by atomic mass is 14.9. The van der Waals surface area contributed by atoms with Gasteiger partial charge in [0.15, 0.2) is 0 Å². The normalized spacial score (nSPS) is 15.6. The lowest BCUT2D eigenvalue weighted by Gasteiger charge is -2.02. The molecule has 1 saturated carbocycles. The molecular formula is C15H20N2. The molecule has 1 aliphatic carbocycles. The van der Waals surface area contributed by atoms with E-state index in [0.29, 0.717) is 0 Å². The number of nitrogens with one attached hydrogen (secondary N) is 1. The van der Waals surface area contributed by atoms with Crippen LogP contribution in [0.15, 0.2) is 30.5 Å². The predicted octanol–water partition coefficient (Wildman–Crippen LogP) is 2.72. The van der Waals surface area contributed by atoms with Crippen LogP contribution in [0.25, 0.3) is 10.9 Å². The van der Waals surface area contributed by atoms with Crippen molar-refractivity contribution in [2.75, 3.05) is 13.1 Å². The van der Waals surface area contributed by atoms with E-state index in [0.717, 1.165) is 18.9 Å². The highest BCUT2D eigenvalue weighted by Crippen LogP contribution is 2.27. The standard InChI is InChI=1S/C15H20N2/c1-17-11-13(8-9-16-10-12-6-7-12)14-4-2-3-5-15(14)17/h2-5,11-12,16H,6-10H2,1H3. The number of fused-ring (bicyclic) bond motifs is 1. The molecule has 1 aliphatic rings. The first-order valence-electron chi connectivity index (χ1n) is 6.58. The van der Waals surface area contributed by atoms with E-state index >= 15 is 0 Å². The van der Waals surface area contributed by atoms with E-state index < -0.39 is 0 Å². The number of rotatable bonds is 5. The Balaban J connectivity index is 1.67. The average molecular weight is 228 g/mol. The second-order valence-corrected chi connectivity index (χ2v) is 5.18. The van der Waals surface area contributed by atoms with Crippen molar-refractivity contribution in [3.63, 3.8) is 0 Å². The van der Waals surface area contributed by atoms with Gasteiger partial charge < -0.3 is 9.88 Å². The van der Waals surface area contributed by atoms with Gasteiger partial charge in [0.25, 0.3) is 0 Å². The van der Waals surface area contributed by atoms with Crippen molar-refractivity contribution in [3.05, 3.63) is 36.0 Å². The van der Waals surface area contributed by atoms with Gasteiger partial charge in [0.1, 0.15) is 0 Å². The summed E-state index contributed by atoms with van der Waals surface area (Å²) in [6.07, 6.45) is 6.26. The van der Waals surface area contributed by atoms with Crippen LogP contribution in [0.1, 0.15) is 18.4 Å². The summed E-state index contributed by atoms with van der Waals surface area (Å²) >= 11 is 0. The van der Waals surface area contributed by atoms with Crippen molar-refractivity contribution in [2.24, 2.45) is 13.0 Å². The van der Waals surface area contributed by atoms with Gasteiger partial charge in [0.05, 0.1) is 0 Å². The molecule has 17 heavy (non-hydrogen) atoms. The number of aryl methyl sites for hydroxylation is 1. The molecule has 0 spiro atoms. The molecule has 1 N–H and O–H groups in total. The molecule has 0 amide bonds. The van der Waals surface area contributed by atoms with E-state index in [1.807, 2.05) is 0 Å². The van der Waals surface area contributed by atoms with Crippen molar-refractivity contribution >= 4 is 10.9 Å². The first-order valence-corrected chi connectivity index (χ1v) is 6.58. The Morgan fingerprint density at radius 1 is 1.29 bits per heavy atom. The van der Waals surface area contributed by atoms with E-state index in [1.54, 1.807) is 0 Å². The Labute approximate surface area is 103 Å². The molecule has 2 nitrogen and oxygen atoms in total. The molecule has 2 aromatic rings. The van der Waals surface area contributed by atoms with Crippen LogP contribution in [0.4, 0.5) is 0 Å². The second kappa shape index (κ2) is 4.53. The molecule has 0 atom stereocenters. The summed E-state index contributed by atoms with van der Waals surface area (Å²) in [6.45, 7) is 2.31. The van der Waals surface area contributed by atoms with Gasteiger partial charge in [-0.05, 0) is 49.9 Å². The summed E-state index contributed by atoms with van der Waals surface area (Å²) in [5.74, 6) is 0.975. The lowest BCUT2D eigenvalue weighted by atomic mass is 10.1. The zero-order valence-electron chi connectivity index (χ0n) is 10.4. The highest BCUT2D eigenvalue weighted by Gasteiger charge is 2.20. The fourth-order valence-electron chi connectivity index (χ4n) is 2.48. The van der Waals surface area contributed by atoms with Gasteiger partial charge in [0.2, 0.25) is 0 Å². The summed E-state index contributed by atoms with van der Waals surface area (Å²) in [5.41, 5.74) is 2.80. The summed E-state index contributed by atoms with van der Waals surface area (Å²) < 4.78 is 2.23. The van der Waals surface area contributed by atoms with E-state index in [1.165, 1.54) is 35.9 Å². The molecule has 3 rings (SSSR count). The van der Waals surface area contributed by atoms with Gasteiger partial charge in [-0.15, -0.1) is 0 Å². The Morgan fingerprint density at radius 3 is 2.94 bits per heavy atom. The molecule has 0 radical (unpaired) electrons. The minimum atomic E-state index is 0.975. The SMILES string of the molecule is Cn1cc(CCNCC2CC2)c2ccccc21. The van der Waals surface area contributed by atoms with Crippen LogP contribution in [-0.4, -0.2) is 17.7 Å². The minimum absolute atomic E-state index is 0.975. The molecule has 0 unspecified atom stereocenters. The van der Waals surface area contributed by atoms with Crippen LogP contribution in [-0.2, 0) is 13.5 Å². The summed E-state index contributed by atoms with van der Waals surface area (Å²) in [6, 6.07) is 8.66. The topological polar surface area (TPSA) is 17.0 Å². The molecule has 1 aromatic heterocycles. The number of para-hydroxylation sites is 1. The third-order valence-electron chi connectivity index (χ3n) is 3.68. The molecule has 1 heterocycles. The van der Waals surface area contributed by atoms with Gasteiger partial charge in [-0.3, -0.25) is 0 Å². The number of hydrogen-bond donors (Lipinski definition) is 1. The van der Waals surface area contributed by atoms with Gasteiger partial charge in [-0.25, -0.2) is 0 Å². The molecule has 1 aromatic carbocycles. The smallest absolute Gasteiger partial charge is 0.0480 e. The fraction of sp³-hybridized carbons (Fsp3) is 0.467. The van der Waals surface area contributed by atoms with Crippen molar-refractivity contribution in [2.45, 2.75) is 19.3 Å². The molecule has 0 saturated heterocycles. The third-order valence-corrected chi connectivity index (χ3v) is 3.68. The molecule has 90 valence electrons. The fourth-order valence-corrected chi connectivity index (χ4v) is 2.48. The van der Waals surface area contributed by atoms with Crippen LogP contribution in [0.5, 0.6) is 0 Å². The van der Waals surface area contributed by atoms with E-state index in [2.05, 4.69) is 47.4 Å². The number of benzene rings is 1. The molecule has 0 bridgehead atoms. The zero-order valence-corrected chi connectivity index (χ0v) is 10.4. The van der Waals surface area contributed by atoms with Crippen molar-refractivity contribution in [1.82, 2.24) is 9.88 Å². The predicted molar refractivity (Wildman–Crippen MR) is 72.2 cm³/mol. The number of nitrogens with zero attached hydrogens (tertiary/aromatic N) is 1. The molecule has 2 heteroatoms. The van der Waals surface area contributed by atoms with Crippen molar-refractivity contribution in [1.29, 1.82) is 0 Å². The Hall–Kier alpha value is -1.28. The number of hydrogen-bond acceptors (Lipinski definition) is 1. The second-order valence-electron chi connectivity index (χ2n) is 5.18. The minimum Gasteiger partial charge on any atom is -0.350 e. The van der Waals surface area contributed by atoms with E-state index in [9.17, 15) is 0 Å². The Morgan fingerprint density at radius 2 is 2.12 bits per heavy atom. The Kier molecular flexibility index (Phi) is 2.89. The third kappa shape index (κ3) is 2.37. The van der Waals surface area contributed by atoms with Gasteiger partial charge in [-0.2, -0.15) is 0 Å². The van der Waals surface area contributed by atoms with Gasteiger partial charge >= 0.3 is 0 Å².